The fourth-order valence-electron chi connectivity index (χ4n) is 2.42. The molecule has 1 unspecified atom stereocenters. The van der Waals surface area contributed by atoms with Crippen molar-refractivity contribution in [3.05, 3.63) is 16.4 Å². The Hall–Kier alpha value is -0.640. The molecular weight excluding hydrogens is 268 g/mol. The number of carbonyl (C=O) groups is 1. The molecule has 0 aliphatic heterocycles. The molecule has 88 valence electrons. The van der Waals surface area contributed by atoms with Crippen LogP contribution in [0.25, 0.3) is 0 Å². The molecule has 1 aliphatic carbocycles. The first kappa shape index (κ1) is 11.8. The molecule has 1 aromatic heterocycles. The molecule has 1 heterocycles. The number of aromatic nitrogens is 2. The van der Waals surface area contributed by atoms with E-state index in [9.17, 15) is 4.79 Å². The summed E-state index contributed by atoms with van der Waals surface area (Å²) >= 11 is 3.51. The van der Waals surface area contributed by atoms with Crippen molar-refractivity contribution in [1.29, 1.82) is 0 Å². The van der Waals surface area contributed by atoms with E-state index in [-0.39, 0.29) is 5.92 Å². The molecule has 16 heavy (non-hydrogen) atoms. The van der Waals surface area contributed by atoms with Gasteiger partial charge < -0.3 is 0 Å². The topological polar surface area (TPSA) is 34.9 Å². The highest BCUT2D eigenvalue weighted by atomic mass is 79.9. The van der Waals surface area contributed by atoms with Gasteiger partial charge in [-0.05, 0) is 35.7 Å². The minimum absolute atomic E-state index is 0.0549. The van der Waals surface area contributed by atoms with Gasteiger partial charge in [0.1, 0.15) is 5.78 Å². The molecule has 0 N–H and O–H groups in total. The van der Waals surface area contributed by atoms with Gasteiger partial charge in [0.2, 0.25) is 0 Å². The van der Waals surface area contributed by atoms with Crippen LogP contribution >= 0.6 is 15.9 Å². The van der Waals surface area contributed by atoms with E-state index < -0.39 is 0 Å². The number of nitrogens with zero attached hydrogens (tertiary/aromatic N) is 2. The first-order chi connectivity index (χ1) is 7.74. The summed E-state index contributed by atoms with van der Waals surface area (Å²) in [4.78, 5) is 12.1. The van der Waals surface area contributed by atoms with E-state index in [1.54, 1.807) is 6.20 Å². The summed E-state index contributed by atoms with van der Waals surface area (Å²) in [5.74, 6) is 0.438. The number of Topliss-reactive ketones (excluding diaryl/α,β-unsaturated/α-hetero) is 1. The smallest absolute Gasteiger partial charge is 0.141 e. The molecule has 2 rings (SSSR count). The Bertz CT molecular complexity index is 386. The molecule has 0 saturated heterocycles. The van der Waals surface area contributed by atoms with Crippen molar-refractivity contribution in [2.45, 2.75) is 51.5 Å². The zero-order chi connectivity index (χ0) is 11.5. The standard InChI is InChI=1S/C12H17BrN2O/c1-2-15-12(10(13)8-14-15)9-6-4-3-5-7-11(9)16/h8-9H,2-7H2,1H3. The van der Waals surface area contributed by atoms with Crippen molar-refractivity contribution < 1.29 is 4.79 Å². The quantitative estimate of drug-likeness (QED) is 0.782. The summed E-state index contributed by atoms with van der Waals surface area (Å²) in [5, 5.41) is 4.29. The average molecular weight is 285 g/mol. The largest absolute Gasteiger partial charge is 0.299 e. The Balaban J connectivity index is 2.33. The van der Waals surface area contributed by atoms with Crippen LogP contribution in [-0.2, 0) is 11.3 Å². The Morgan fingerprint density at radius 2 is 2.31 bits per heavy atom. The van der Waals surface area contributed by atoms with Crippen LogP contribution in [0.15, 0.2) is 10.7 Å². The maximum absolute atomic E-state index is 12.1. The lowest BCUT2D eigenvalue weighted by Gasteiger charge is -2.15. The fourth-order valence-corrected chi connectivity index (χ4v) is 2.99. The van der Waals surface area contributed by atoms with Crippen LogP contribution in [0.1, 0.15) is 50.6 Å². The summed E-state index contributed by atoms with van der Waals surface area (Å²) in [7, 11) is 0. The van der Waals surface area contributed by atoms with E-state index in [2.05, 4.69) is 28.0 Å². The molecule has 1 saturated carbocycles. The highest BCUT2D eigenvalue weighted by molar-refractivity contribution is 9.10. The van der Waals surface area contributed by atoms with Crippen molar-refractivity contribution in [3.8, 4) is 0 Å². The van der Waals surface area contributed by atoms with E-state index in [1.165, 1.54) is 6.42 Å². The highest BCUT2D eigenvalue weighted by Gasteiger charge is 2.27. The van der Waals surface area contributed by atoms with Crippen molar-refractivity contribution >= 4 is 21.7 Å². The SMILES string of the molecule is CCn1ncc(Br)c1C1CCCCCC1=O. The Kier molecular flexibility index (Phi) is 3.79. The second-order valence-electron chi connectivity index (χ2n) is 4.31. The van der Waals surface area contributed by atoms with Gasteiger partial charge >= 0.3 is 0 Å². The van der Waals surface area contributed by atoms with Gasteiger partial charge in [0.15, 0.2) is 0 Å². The molecule has 1 aliphatic rings. The highest BCUT2D eigenvalue weighted by Crippen LogP contribution is 2.33. The monoisotopic (exact) mass is 284 g/mol. The van der Waals surface area contributed by atoms with Crippen LogP contribution in [0.3, 0.4) is 0 Å². The molecule has 4 heteroatoms. The lowest BCUT2D eigenvalue weighted by molar-refractivity contribution is -0.120. The third-order valence-electron chi connectivity index (χ3n) is 3.27. The number of ketones is 1. The molecule has 0 aromatic carbocycles. The number of halogens is 1. The van der Waals surface area contributed by atoms with Gasteiger partial charge in [-0.3, -0.25) is 9.48 Å². The van der Waals surface area contributed by atoms with Gasteiger partial charge in [0.05, 0.1) is 22.3 Å². The van der Waals surface area contributed by atoms with Crippen molar-refractivity contribution in [2.24, 2.45) is 0 Å². The van der Waals surface area contributed by atoms with Crippen LogP contribution in [0.5, 0.6) is 0 Å². The summed E-state index contributed by atoms with van der Waals surface area (Å²) in [6.45, 7) is 2.88. The zero-order valence-electron chi connectivity index (χ0n) is 9.58. The van der Waals surface area contributed by atoms with Gasteiger partial charge in [-0.15, -0.1) is 0 Å². The lowest BCUT2D eigenvalue weighted by Crippen LogP contribution is -2.16. The predicted octanol–water partition coefficient (Wildman–Crippen LogP) is 3.28. The van der Waals surface area contributed by atoms with E-state index in [0.29, 0.717) is 5.78 Å². The number of hydrogen-bond acceptors (Lipinski definition) is 2. The Morgan fingerprint density at radius 1 is 1.50 bits per heavy atom. The van der Waals surface area contributed by atoms with Crippen LogP contribution in [-0.4, -0.2) is 15.6 Å². The van der Waals surface area contributed by atoms with Crippen LogP contribution < -0.4 is 0 Å². The zero-order valence-corrected chi connectivity index (χ0v) is 11.2. The molecule has 0 radical (unpaired) electrons. The van der Waals surface area contributed by atoms with Crippen LogP contribution in [0, 0.1) is 0 Å². The minimum atomic E-state index is 0.0549. The van der Waals surface area contributed by atoms with Gasteiger partial charge in [0.25, 0.3) is 0 Å². The summed E-state index contributed by atoms with van der Waals surface area (Å²) in [6, 6.07) is 0. The maximum atomic E-state index is 12.1. The molecule has 1 aromatic rings. The third kappa shape index (κ3) is 2.21. The molecule has 1 atom stereocenters. The first-order valence-corrected chi connectivity index (χ1v) is 6.77. The molecular formula is C12H17BrN2O. The van der Waals surface area contributed by atoms with Crippen molar-refractivity contribution in [1.82, 2.24) is 9.78 Å². The number of rotatable bonds is 2. The lowest BCUT2D eigenvalue weighted by atomic mass is 9.95. The van der Waals surface area contributed by atoms with E-state index in [4.69, 9.17) is 0 Å². The second kappa shape index (κ2) is 5.13. The number of carbonyl (C=O) groups excluding carboxylic acids is 1. The summed E-state index contributed by atoms with van der Waals surface area (Å²) in [5.41, 5.74) is 1.08. The average Bonchev–Trinajstić information content (AvgIpc) is 2.51. The normalized spacial score (nSPS) is 22.1. The molecule has 0 bridgehead atoms. The van der Waals surface area contributed by atoms with Crippen molar-refractivity contribution in [2.75, 3.05) is 0 Å². The van der Waals surface area contributed by atoms with Gasteiger partial charge in [0, 0.05) is 13.0 Å². The van der Waals surface area contributed by atoms with E-state index >= 15 is 0 Å². The summed E-state index contributed by atoms with van der Waals surface area (Å²) in [6.07, 6.45) is 6.89. The Labute approximate surface area is 104 Å². The van der Waals surface area contributed by atoms with Gasteiger partial charge in [-0.2, -0.15) is 5.10 Å². The predicted molar refractivity (Wildman–Crippen MR) is 66.4 cm³/mol. The first-order valence-electron chi connectivity index (χ1n) is 5.98. The van der Waals surface area contributed by atoms with E-state index in [1.807, 2.05) is 4.68 Å². The van der Waals surface area contributed by atoms with Crippen LogP contribution in [0.4, 0.5) is 0 Å². The molecule has 0 spiro atoms. The second-order valence-corrected chi connectivity index (χ2v) is 5.17. The minimum Gasteiger partial charge on any atom is -0.299 e. The summed E-state index contributed by atoms with van der Waals surface area (Å²) < 4.78 is 2.92. The van der Waals surface area contributed by atoms with Crippen molar-refractivity contribution in [3.63, 3.8) is 0 Å². The van der Waals surface area contributed by atoms with E-state index in [0.717, 1.165) is 42.4 Å². The number of hydrogen-bond donors (Lipinski definition) is 0. The third-order valence-corrected chi connectivity index (χ3v) is 3.88. The molecule has 3 nitrogen and oxygen atoms in total. The van der Waals surface area contributed by atoms with Gasteiger partial charge in [-0.1, -0.05) is 12.8 Å². The molecule has 0 amide bonds. The number of aryl methyl sites for hydroxylation is 1. The molecule has 1 fully saturated rings. The Morgan fingerprint density at radius 3 is 3.06 bits per heavy atom. The maximum Gasteiger partial charge on any atom is 0.141 e. The fraction of sp³-hybridized carbons (Fsp3) is 0.667. The van der Waals surface area contributed by atoms with Crippen LogP contribution in [0.2, 0.25) is 0 Å². The van der Waals surface area contributed by atoms with Gasteiger partial charge in [-0.25, -0.2) is 0 Å².